The van der Waals surface area contributed by atoms with Crippen LogP contribution in [0.25, 0.3) is 0 Å². The van der Waals surface area contributed by atoms with Crippen LogP contribution in [-0.4, -0.2) is 0 Å². The van der Waals surface area contributed by atoms with Crippen LogP contribution in [0.4, 0.5) is 0 Å². The minimum Gasteiger partial charge on any atom is -0.0813 e. The zero-order valence-corrected chi connectivity index (χ0v) is 9.60. The number of hydrogen-bond acceptors (Lipinski definition) is 0. The van der Waals surface area contributed by atoms with E-state index < -0.39 is 0 Å². The summed E-state index contributed by atoms with van der Waals surface area (Å²) in [6.45, 7) is 4.44. The van der Waals surface area contributed by atoms with Crippen LogP contribution in [-0.2, 0) is 0 Å². The fraction of sp³-hybridized carbons (Fsp3) is 0.600. The zero-order chi connectivity index (χ0) is 8.53. The van der Waals surface area contributed by atoms with E-state index in [9.17, 15) is 0 Å². The molecular weight excluding hydrogens is 247 g/mol. The highest BCUT2D eigenvalue weighted by Crippen LogP contribution is 2.09. The number of halogens is 1. The van der Waals surface area contributed by atoms with Crippen molar-refractivity contribution in [2.24, 2.45) is 0 Å². The van der Waals surface area contributed by atoms with Crippen LogP contribution in [0.5, 0.6) is 0 Å². The van der Waals surface area contributed by atoms with E-state index in [4.69, 9.17) is 0 Å². The van der Waals surface area contributed by atoms with Crippen molar-refractivity contribution >= 4 is 22.6 Å². The van der Waals surface area contributed by atoms with Gasteiger partial charge in [-0.2, -0.15) is 0 Å². The molecule has 0 nitrogen and oxygen atoms in total. The van der Waals surface area contributed by atoms with Crippen LogP contribution in [0, 0.1) is 0 Å². The predicted octanol–water partition coefficient (Wildman–Crippen LogP) is 4.46. The van der Waals surface area contributed by atoms with E-state index in [1.165, 1.54) is 31.3 Å². The molecule has 0 heterocycles. The van der Waals surface area contributed by atoms with Crippen molar-refractivity contribution in [1.82, 2.24) is 0 Å². The van der Waals surface area contributed by atoms with E-state index in [-0.39, 0.29) is 0 Å². The van der Waals surface area contributed by atoms with Gasteiger partial charge in [-0.15, -0.1) is 0 Å². The topological polar surface area (TPSA) is 0 Å². The molecule has 11 heavy (non-hydrogen) atoms. The highest BCUT2D eigenvalue weighted by atomic mass is 127. The first-order valence-corrected chi connectivity index (χ1v) is 5.55. The summed E-state index contributed by atoms with van der Waals surface area (Å²) in [5.41, 5.74) is 1.49. The Kier molecular flexibility index (Phi) is 8.47. The van der Waals surface area contributed by atoms with Crippen LogP contribution >= 0.6 is 22.6 Å². The molecule has 0 radical (unpaired) electrons. The van der Waals surface area contributed by atoms with Gasteiger partial charge in [-0.3, -0.25) is 0 Å². The molecule has 0 atom stereocenters. The normalized spacial score (nSPS) is 12.8. The third kappa shape index (κ3) is 6.60. The van der Waals surface area contributed by atoms with E-state index in [0.717, 1.165) is 0 Å². The van der Waals surface area contributed by atoms with Crippen LogP contribution in [0.1, 0.15) is 39.5 Å². The van der Waals surface area contributed by atoms with Gasteiger partial charge >= 0.3 is 0 Å². The molecule has 0 saturated heterocycles. The third-order valence-electron chi connectivity index (χ3n) is 1.51. The molecule has 0 unspecified atom stereocenters. The lowest BCUT2D eigenvalue weighted by Gasteiger charge is -1.97. The first kappa shape index (κ1) is 11.2. The third-order valence-corrected chi connectivity index (χ3v) is 1.87. The molecule has 0 aliphatic carbocycles. The van der Waals surface area contributed by atoms with Gasteiger partial charge in [0, 0.05) is 0 Å². The second-order valence-corrected chi connectivity index (χ2v) is 3.33. The number of allylic oxidation sites excluding steroid dienone is 3. The fourth-order valence-electron chi connectivity index (χ4n) is 0.953. The zero-order valence-electron chi connectivity index (χ0n) is 7.44. The molecule has 64 valence electrons. The fourth-order valence-corrected chi connectivity index (χ4v) is 1.41. The molecule has 0 aromatic carbocycles. The van der Waals surface area contributed by atoms with Crippen molar-refractivity contribution in [3.8, 4) is 0 Å². The number of hydrogen-bond donors (Lipinski definition) is 0. The second kappa shape index (κ2) is 8.31. The minimum atomic E-state index is 1.22. The molecular formula is C10H17I. The van der Waals surface area contributed by atoms with Gasteiger partial charge in [0.05, 0.1) is 0 Å². The molecule has 0 spiro atoms. The molecule has 0 fully saturated rings. The van der Waals surface area contributed by atoms with Gasteiger partial charge in [0.25, 0.3) is 0 Å². The van der Waals surface area contributed by atoms with Crippen molar-refractivity contribution in [1.29, 1.82) is 0 Å². The summed E-state index contributed by atoms with van der Waals surface area (Å²) in [5, 5.41) is 0. The first-order valence-electron chi connectivity index (χ1n) is 4.30. The SMILES string of the molecule is CCC/C=C(/C=C/I)CCC. The van der Waals surface area contributed by atoms with Crippen molar-refractivity contribution in [2.75, 3.05) is 0 Å². The summed E-state index contributed by atoms with van der Waals surface area (Å²) in [6, 6.07) is 0. The van der Waals surface area contributed by atoms with E-state index in [2.05, 4.69) is 52.7 Å². The van der Waals surface area contributed by atoms with E-state index >= 15 is 0 Å². The maximum absolute atomic E-state index is 2.35. The summed E-state index contributed by atoms with van der Waals surface area (Å²) in [6.07, 6.45) is 9.49. The van der Waals surface area contributed by atoms with E-state index in [1.54, 1.807) is 0 Å². The smallest absolute Gasteiger partial charge is 0.0231 e. The first-order chi connectivity index (χ1) is 5.35. The standard InChI is InChI=1S/C10H17I/c1-3-5-7-10(6-4-2)8-9-11/h7-9H,3-6H2,1-2H3/b9-8+,10-7+. The second-order valence-electron chi connectivity index (χ2n) is 2.61. The van der Waals surface area contributed by atoms with E-state index in [1.807, 2.05) is 0 Å². The molecule has 0 N–H and O–H groups in total. The molecule has 1 heteroatoms. The van der Waals surface area contributed by atoms with Crippen LogP contribution in [0.15, 0.2) is 21.8 Å². The highest BCUT2D eigenvalue weighted by Gasteiger charge is 1.88. The molecule has 0 aliphatic rings. The predicted molar refractivity (Wildman–Crippen MR) is 61.1 cm³/mol. The summed E-state index contributed by atoms with van der Waals surface area (Å²) in [7, 11) is 0. The lowest BCUT2D eigenvalue weighted by atomic mass is 10.1. The van der Waals surface area contributed by atoms with Crippen molar-refractivity contribution < 1.29 is 0 Å². The molecule has 0 aromatic heterocycles. The molecule has 0 aromatic rings. The molecule has 0 amide bonds. The Hall–Kier alpha value is 0.210. The largest absolute Gasteiger partial charge is 0.0813 e. The Balaban J connectivity index is 3.86. The van der Waals surface area contributed by atoms with Gasteiger partial charge in [0.15, 0.2) is 0 Å². The quantitative estimate of drug-likeness (QED) is 0.508. The van der Waals surface area contributed by atoms with Crippen LogP contribution in [0.2, 0.25) is 0 Å². The summed E-state index contributed by atoms with van der Waals surface area (Å²) >= 11 is 2.27. The number of rotatable bonds is 5. The van der Waals surface area contributed by atoms with Gasteiger partial charge in [-0.25, -0.2) is 0 Å². The van der Waals surface area contributed by atoms with Gasteiger partial charge in [0.2, 0.25) is 0 Å². The molecule has 0 saturated carbocycles. The molecule has 0 rings (SSSR count). The van der Waals surface area contributed by atoms with Gasteiger partial charge in [0.1, 0.15) is 0 Å². The monoisotopic (exact) mass is 264 g/mol. The average Bonchev–Trinajstić information content (AvgIpc) is 2.01. The molecule has 0 bridgehead atoms. The Labute approximate surface area is 83.9 Å². The Bertz CT molecular complexity index is 134. The Morgan fingerprint density at radius 2 is 2.00 bits per heavy atom. The highest BCUT2D eigenvalue weighted by molar-refractivity contribution is 14.1. The number of unbranched alkanes of at least 4 members (excludes halogenated alkanes) is 1. The van der Waals surface area contributed by atoms with Gasteiger partial charge in [-0.05, 0) is 16.9 Å². The lowest BCUT2D eigenvalue weighted by Crippen LogP contribution is -1.77. The van der Waals surface area contributed by atoms with Crippen LogP contribution < -0.4 is 0 Å². The van der Waals surface area contributed by atoms with Gasteiger partial charge in [-0.1, -0.05) is 67.0 Å². The molecule has 0 aliphatic heterocycles. The van der Waals surface area contributed by atoms with Crippen molar-refractivity contribution in [3.05, 3.63) is 21.8 Å². The maximum atomic E-state index is 2.35. The summed E-state index contributed by atoms with van der Waals surface area (Å²) < 4.78 is 2.09. The minimum absolute atomic E-state index is 1.22. The van der Waals surface area contributed by atoms with Crippen molar-refractivity contribution in [3.63, 3.8) is 0 Å². The summed E-state index contributed by atoms with van der Waals surface area (Å²) in [5.74, 6) is 0. The average molecular weight is 264 g/mol. The van der Waals surface area contributed by atoms with E-state index in [0.29, 0.717) is 0 Å². The Morgan fingerprint density at radius 3 is 2.45 bits per heavy atom. The Morgan fingerprint density at radius 1 is 1.27 bits per heavy atom. The summed E-state index contributed by atoms with van der Waals surface area (Å²) in [4.78, 5) is 0. The van der Waals surface area contributed by atoms with Crippen molar-refractivity contribution in [2.45, 2.75) is 39.5 Å². The maximum Gasteiger partial charge on any atom is -0.0231 e. The van der Waals surface area contributed by atoms with Crippen LogP contribution in [0.3, 0.4) is 0 Å². The van der Waals surface area contributed by atoms with Gasteiger partial charge < -0.3 is 0 Å². The lowest BCUT2D eigenvalue weighted by molar-refractivity contribution is 0.895.